The molecule has 0 saturated heterocycles. The topological polar surface area (TPSA) is 154 Å². The average molecular weight is 394 g/mol. The van der Waals surface area contributed by atoms with E-state index in [0.717, 1.165) is 24.3 Å². The normalized spacial score (nSPS) is 10.1. The van der Waals surface area contributed by atoms with Crippen LogP contribution >= 0.6 is 0 Å². The molecule has 0 fully saturated rings. The van der Waals surface area contributed by atoms with E-state index in [0.29, 0.717) is 0 Å². The minimum atomic E-state index is -1.28. The summed E-state index contributed by atoms with van der Waals surface area (Å²) in [5.41, 5.74) is 10.2. The minimum Gasteiger partial charge on any atom is -0.494 e. The lowest BCUT2D eigenvalue weighted by molar-refractivity contribution is 0.0697. The molecule has 0 bridgehead atoms. The molecule has 0 atom stereocenters. The summed E-state index contributed by atoms with van der Waals surface area (Å²) in [6, 6.07) is 4.11. The number of nitrogens with one attached hydrogen (secondary N) is 1. The van der Waals surface area contributed by atoms with Crippen LogP contribution < -0.4 is 26.5 Å². The number of methoxy groups -OCH3 is 2. The number of anilines is 2. The first-order valence-electron chi connectivity index (χ1n) is 7.57. The summed E-state index contributed by atoms with van der Waals surface area (Å²) < 4.78 is 35.4. The third-order valence-electron chi connectivity index (χ3n) is 3.54. The van der Waals surface area contributed by atoms with E-state index < -0.39 is 23.2 Å². The minimum absolute atomic E-state index is 0.0254. The van der Waals surface area contributed by atoms with E-state index in [2.05, 4.69) is 14.7 Å². The Morgan fingerprint density at radius 3 is 2.21 bits per heavy atom. The van der Waals surface area contributed by atoms with E-state index in [-0.39, 0.29) is 39.6 Å². The first-order valence-corrected chi connectivity index (χ1v) is 7.57. The zero-order valence-electron chi connectivity index (χ0n) is 14.7. The number of nitrogens with two attached hydrogens (primary N) is 2. The van der Waals surface area contributed by atoms with Crippen molar-refractivity contribution in [2.24, 2.45) is 0 Å². The molecule has 0 aliphatic rings. The molecule has 0 aliphatic carbocycles. The van der Waals surface area contributed by atoms with Crippen LogP contribution in [0.25, 0.3) is 10.9 Å². The van der Waals surface area contributed by atoms with Crippen molar-refractivity contribution >= 4 is 28.5 Å². The Morgan fingerprint density at radius 1 is 1.07 bits per heavy atom. The van der Waals surface area contributed by atoms with Crippen LogP contribution in [0, 0.1) is 11.6 Å². The Balaban J connectivity index is 0.000000203. The Hall–Kier alpha value is -3.89. The van der Waals surface area contributed by atoms with E-state index in [1.165, 1.54) is 14.2 Å². The zero-order chi connectivity index (χ0) is 21.0. The molecule has 11 heteroatoms. The quantitative estimate of drug-likeness (QED) is 0.490. The second-order valence-electron chi connectivity index (χ2n) is 5.33. The number of carboxylic acids is 1. The number of nitrogen functional groups attached to an aromatic ring is 2. The van der Waals surface area contributed by atoms with Gasteiger partial charge in [0, 0.05) is 12.1 Å². The largest absolute Gasteiger partial charge is 0.494 e. The van der Waals surface area contributed by atoms with Crippen LogP contribution in [0.2, 0.25) is 0 Å². The van der Waals surface area contributed by atoms with Gasteiger partial charge in [0.25, 0.3) is 5.56 Å². The second-order valence-corrected chi connectivity index (χ2v) is 5.33. The average Bonchev–Trinajstić information content (AvgIpc) is 2.63. The van der Waals surface area contributed by atoms with E-state index in [1.54, 1.807) is 0 Å². The van der Waals surface area contributed by atoms with Gasteiger partial charge in [-0.05, 0) is 12.1 Å². The number of aromatic carboxylic acids is 1. The van der Waals surface area contributed by atoms with Crippen molar-refractivity contribution in [1.82, 2.24) is 9.97 Å². The predicted molar refractivity (Wildman–Crippen MR) is 97.6 cm³/mol. The molecule has 3 aromatic rings. The first-order chi connectivity index (χ1) is 13.2. The van der Waals surface area contributed by atoms with E-state index in [1.807, 2.05) is 0 Å². The van der Waals surface area contributed by atoms with Crippen LogP contribution in [-0.4, -0.2) is 35.3 Å². The van der Waals surface area contributed by atoms with Crippen molar-refractivity contribution in [2.45, 2.75) is 0 Å². The summed E-state index contributed by atoms with van der Waals surface area (Å²) >= 11 is 0. The van der Waals surface area contributed by atoms with E-state index in [9.17, 15) is 18.4 Å². The molecule has 28 heavy (non-hydrogen) atoms. The predicted octanol–water partition coefficient (Wildman–Crippen LogP) is 1.77. The summed E-state index contributed by atoms with van der Waals surface area (Å²) in [6.07, 6.45) is 0. The van der Waals surface area contributed by atoms with Gasteiger partial charge in [0.1, 0.15) is 28.7 Å². The van der Waals surface area contributed by atoms with Crippen molar-refractivity contribution in [1.29, 1.82) is 0 Å². The fourth-order valence-electron chi connectivity index (χ4n) is 2.29. The van der Waals surface area contributed by atoms with Gasteiger partial charge in [-0.25, -0.2) is 18.6 Å². The van der Waals surface area contributed by atoms with Gasteiger partial charge >= 0.3 is 5.97 Å². The SMILES string of the molecule is COc1cc(F)cc(C(=O)O)c1N.COc1cc(F)cc2c(=O)[nH]c(N)nc12. The molecule has 9 nitrogen and oxygen atoms in total. The van der Waals surface area contributed by atoms with Gasteiger partial charge in [-0.2, -0.15) is 0 Å². The number of carbonyl (C=O) groups is 1. The summed E-state index contributed by atoms with van der Waals surface area (Å²) in [4.78, 5) is 28.1. The maximum atomic E-state index is 13.1. The number of ether oxygens (including phenoxy) is 2. The number of benzene rings is 2. The number of hydrogen-bond donors (Lipinski definition) is 4. The zero-order valence-corrected chi connectivity index (χ0v) is 14.7. The number of nitrogens with zero attached hydrogens (tertiary/aromatic N) is 1. The lowest BCUT2D eigenvalue weighted by Crippen LogP contribution is -2.12. The molecular weight excluding hydrogens is 378 g/mol. The van der Waals surface area contributed by atoms with Gasteiger partial charge in [-0.3, -0.25) is 9.78 Å². The van der Waals surface area contributed by atoms with Gasteiger partial charge in [0.05, 0.1) is 30.9 Å². The standard InChI is InChI=1S/C9H8FN3O2.C8H8FNO3/c1-15-6-3-4(10)2-5-7(6)12-9(11)13-8(5)14;1-13-6-3-4(9)2-5(7(6)10)8(11)12/h2-3H,1H3,(H3,11,12,13,14);2-3H,10H2,1H3,(H,11,12). The highest BCUT2D eigenvalue weighted by atomic mass is 19.1. The number of aromatic nitrogens is 2. The molecule has 0 amide bonds. The molecular formula is C17H16F2N4O5. The molecule has 0 aliphatic heterocycles. The van der Waals surface area contributed by atoms with E-state index >= 15 is 0 Å². The highest BCUT2D eigenvalue weighted by Gasteiger charge is 2.14. The highest BCUT2D eigenvalue weighted by Crippen LogP contribution is 2.26. The number of H-pyrrole nitrogens is 1. The van der Waals surface area contributed by atoms with Crippen LogP contribution in [0.4, 0.5) is 20.4 Å². The summed E-state index contributed by atoms with van der Waals surface area (Å²) in [5, 5.41) is 8.72. The molecule has 0 radical (unpaired) electrons. The Labute approximate surface area is 156 Å². The second kappa shape index (κ2) is 8.20. The maximum Gasteiger partial charge on any atom is 0.338 e. The fraction of sp³-hybridized carbons (Fsp3) is 0.118. The van der Waals surface area contributed by atoms with Crippen molar-refractivity contribution < 1.29 is 28.2 Å². The molecule has 0 unspecified atom stereocenters. The lowest BCUT2D eigenvalue weighted by atomic mass is 10.1. The molecule has 0 saturated carbocycles. The first kappa shape index (κ1) is 20.4. The number of fused-ring (bicyclic) bond motifs is 1. The number of carboxylic acid groups (broad SMARTS) is 1. The smallest absolute Gasteiger partial charge is 0.338 e. The van der Waals surface area contributed by atoms with Crippen molar-refractivity contribution in [3.8, 4) is 11.5 Å². The van der Waals surface area contributed by atoms with Gasteiger partial charge in [0.15, 0.2) is 0 Å². The Morgan fingerprint density at radius 2 is 1.64 bits per heavy atom. The van der Waals surface area contributed by atoms with Crippen LogP contribution in [0.1, 0.15) is 10.4 Å². The third kappa shape index (κ3) is 4.26. The third-order valence-corrected chi connectivity index (χ3v) is 3.54. The summed E-state index contributed by atoms with van der Waals surface area (Å²) in [7, 11) is 2.66. The number of aromatic amines is 1. The van der Waals surface area contributed by atoms with Gasteiger partial charge in [-0.1, -0.05) is 0 Å². The van der Waals surface area contributed by atoms with Crippen LogP contribution in [-0.2, 0) is 0 Å². The van der Waals surface area contributed by atoms with Crippen LogP contribution in [0.5, 0.6) is 11.5 Å². The molecule has 1 aromatic heterocycles. The number of hydrogen-bond acceptors (Lipinski definition) is 7. The molecule has 2 aromatic carbocycles. The Kier molecular flexibility index (Phi) is 5.98. The van der Waals surface area contributed by atoms with Gasteiger partial charge in [-0.15, -0.1) is 0 Å². The van der Waals surface area contributed by atoms with Crippen LogP contribution in [0.3, 0.4) is 0 Å². The van der Waals surface area contributed by atoms with Crippen molar-refractivity contribution in [2.75, 3.05) is 25.7 Å². The van der Waals surface area contributed by atoms with Gasteiger partial charge in [0.2, 0.25) is 5.95 Å². The fourth-order valence-corrected chi connectivity index (χ4v) is 2.29. The Bertz CT molecular complexity index is 1100. The van der Waals surface area contributed by atoms with Gasteiger partial charge < -0.3 is 26.0 Å². The van der Waals surface area contributed by atoms with Crippen molar-refractivity contribution in [3.05, 3.63) is 51.8 Å². The van der Waals surface area contributed by atoms with E-state index in [4.69, 9.17) is 21.3 Å². The molecule has 6 N–H and O–H groups in total. The highest BCUT2D eigenvalue weighted by molar-refractivity contribution is 5.95. The monoisotopic (exact) mass is 394 g/mol. The van der Waals surface area contributed by atoms with Crippen molar-refractivity contribution in [3.63, 3.8) is 0 Å². The summed E-state index contributed by atoms with van der Waals surface area (Å²) in [5.74, 6) is -2.35. The summed E-state index contributed by atoms with van der Waals surface area (Å²) in [6.45, 7) is 0. The number of rotatable bonds is 3. The molecule has 0 spiro atoms. The molecule has 3 rings (SSSR count). The lowest BCUT2D eigenvalue weighted by Gasteiger charge is -2.06. The molecule has 1 heterocycles. The number of halogens is 2. The molecule has 148 valence electrons. The van der Waals surface area contributed by atoms with Crippen LogP contribution in [0.15, 0.2) is 29.1 Å². The maximum absolute atomic E-state index is 13.1.